The number of hydrogen-bond donors (Lipinski definition) is 0. The Labute approximate surface area is 232 Å². The maximum absolute atomic E-state index is 13.2. The number of alkyl halides is 3. The number of aromatic nitrogens is 2. The molecule has 6 rings (SSSR count). The molecule has 0 N–H and O–H groups in total. The van der Waals surface area contributed by atoms with Crippen molar-refractivity contribution in [1.29, 1.82) is 0 Å². The van der Waals surface area contributed by atoms with Crippen LogP contribution in [0.4, 0.5) is 18.9 Å². The Bertz CT molecular complexity index is 1370. The van der Waals surface area contributed by atoms with Gasteiger partial charge in [0.05, 0.1) is 12.2 Å². The maximum Gasteiger partial charge on any atom is 0.573 e. The fourth-order valence-corrected chi connectivity index (χ4v) is 6.68. The van der Waals surface area contributed by atoms with Gasteiger partial charge in [-0.05, 0) is 74.0 Å². The topological polar surface area (TPSA) is 50.6 Å². The van der Waals surface area contributed by atoms with E-state index >= 15 is 0 Å². The van der Waals surface area contributed by atoms with Gasteiger partial charge in [-0.25, -0.2) is 4.98 Å². The van der Waals surface area contributed by atoms with Gasteiger partial charge in [-0.15, -0.1) is 13.2 Å². The molecular formula is C31H35F3N4O2. The van der Waals surface area contributed by atoms with E-state index < -0.39 is 6.36 Å². The van der Waals surface area contributed by atoms with Crippen molar-refractivity contribution in [2.24, 2.45) is 5.41 Å². The number of ketones is 1. The molecule has 2 aliphatic heterocycles. The van der Waals surface area contributed by atoms with Crippen LogP contribution in [-0.4, -0.2) is 53.3 Å². The van der Waals surface area contributed by atoms with Crippen molar-refractivity contribution in [1.82, 2.24) is 14.5 Å². The molecule has 3 aromatic rings. The summed E-state index contributed by atoms with van der Waals surface area (Å²) in [6, 6.07) is 14.9. The number of aryl methyl sites for hydroxylation is 2. The number of anilines is 1. The van der Waals surface area contributed by atoms with Crippen molar-refractivity contribution in [2.45, 2.75) is 64.4 Å². The van der Waals surface area contributed by atoms with E-state index in [4.69, 9.17) is 4.98 Å². The van der Waals surface area contributed by atoms with Gasteiger partial charge in [0.2, 0.25) is 0 Å². The summed E-state index contributed by atoms with van der Waals surface area (Å²) < 4.78 is 43.3. The molecule has 1 saturated carbocycles. The first-order valence-corrected chi connectivity index (χ1v) is 14.1. The zero-order valence-corrected chi connectivity index (χ0v) is 23.0. The van der Waals surface area contributed by atoms with Gasteiger partial charge in [-0.3, -0.25) is 9.69 Å². The summed E-state index contributed by atoms with van der Waals surface area (Å²) in [7, 11) is 2.09. The predicted octanol–water partition coefficient (Wildman–Crippen LogP) is 5.99. The minimum atomic E-state index is -4.67. The number of hydrogen-bond acceptors (Lipinski definition) is 5. The lowest BCUT2D eigenvalue weighted by Crippen LogP contribution is -2.61. The average Bonchev–Trinajstić information content (AvgIpc) is 3.24. The van der Waals surface area contributed by atoms with E-state index in [1.165, 1.54) is 23.3 Å². The lowest BCUT2D eigenvalue weighted by Gasteiger charge is -2.60. The monoisotopic (exact) mass is 552 g/mol. The van der Waals surface area contributed by atoms with Gasteiger partial charge >= 0.3 is 6.36 Å². The van der Waals surface area contributed by atoms with E-state index in [1.807, 2.05) is 0 Å². The normalized spacial score (nSPS) is 18.8. The van der Waals surface area contributed by atoms with Gasteiger partial charge in [-0.1, -0.05) is 31.2 Å². The summed E-state index contributed by atoms with van der Waals surface area (Å²) in [5.74, 6) is 1.52. The predicted molar refractivity (Wildman–Crippen MR) is 147 cm³/mol. The molecule has 212 valence electrons. The van der Waals surface area contributed by atoms with Gasteiger partial charge in [0.15, 0.2) is 5.78 Å². The molecule has 3 heterocycles. The standard InChI is InChI=1S/C31H35F3N4O2/c1-3-26-29(38-15-14-36(2)18-28(38)35-26)27(39)13-6-21-4-7-22(8-5-21)23-16-30(17-23)19-37(20-30)24-9-11-25(12-10-24)40-31(32,33)34/h4-5,7-12,23H,3,6,13-20H2,1-2H3. The maximum atomic E-state index is 13.2. The molecule has 3 aliphatic rings. The second-order valence-corrected chi connectivity index (χ2v) is 11.7. The second kappa shape index (κ2) is 10.3. The zero-order chi connectivity index (χ0) is 28.1. The first kappa shape index (κ1) is 26.9. The van der Waals surface area contributed by atoms with Crippen molar-refractivity contribution in [2.75, 3.05) is 31.6 Å². The lowest BCUT2D eigenvalue weighted by molar-refractivity contribution is -0.274. The summed E-state index contributed by atoms with van der Waals surface area (Å²) in [6.45, 7) is 6.46. The fourth-order valence-electron chi connectivity index (χ4n) is 6.68. The number of carbonyl (C=O) groups excluding carboxylic acids is 1. The van der Waals surface area contributed by atoms with Crippen molar-refractivity contribution < 1.29 is 22.7 Å². The Hall–Kier alpha value is -3.33. The molecular weight excluding hydrogens is 517 g/mol. The van der Waals surface area contributed by atoms with E-state index in [1.54, 1.807) is 12.1 Å². The van der Waals surface area contributed by atoms with Crippen molar-refractivity contribution >= 4 is 11.5 Å². The smallest absolute Gasteiger partial charge is 0.406 e. The highest BCUT2D eigenvalue weighted by Gasteiger charge is 2.52. The van der Waals surface area contributed by atoms with Gasteiger partial charge < -0.3 is 14.2 Å². The van der Waals surface area contributed by atoms with Crippen LogP contribution in [0.1, 0.15) is 65.2 Å². The Morgan fingerprint density at radius 2 is 1.75 bits per heavy atom. The Morgan fingerprint density at radius 1 is 1.05 bits per heavy atom. The molecule has 1 aromatic heterocycles. The van der Waals surface area contributed by atoms with E-state index in [2.05, 4.69) is 57.3 Å². The summed E-state index contributed by atoms with van der Waals surface area (Å²) in [6.07, 6.45) is -0.452. The molecule has 2 fully saturated rings. The van der Waals surface area contributed by atoms with Crippen LogP contribution in [0.15, 0.2) is 48.5 Å². The number of likely N-dealkylation sites (N-methyl/N-ethyl adjacent to an activating group) is 1. The number of carbonyl (C=O) groups is 1. The van der Waals surface area contributed by atoms with Gasteiger partial charge in [-0.2, -0.15) is 0 Å². The molecule has 1 spiro atoms. The molecule has 1 saturated heterocycles. The minimum Gasteiger partial charge on any atom is -0.406 e. The molecule has 1 aliphatic carbocycles. The Morgan fingerprint density at radius 3 is 2.40 bits per heavy atom. The quantitative estimate of drug-likeness (QED) is 0.322. The number of imidazole rings is 1. The largest absolute Gasteiger partial charge is 0.573 e. The van der Waals surface area contributed by atoms with Crippen LogP contribution in [0.2, 0.25) is 0 Å². The molecule has 0 bridgehead atoms. The molecule has 0 atom stereocenters. The van der Waals surface area contributed by atoms with Crippen molar-refractivity contribution in [3.63, 3.8) is 0 Å². The Balaban J connectivity index is 0.990. The van der Waals surface area contributed by atoms with E-state index in [0.717, 1.165) is 81.3 Å². The number of rotatable bonds is 8. The molecule has 0 amide bonds. The van der Waals surface area contributed by atoms with Gasteiger partial charge in [0, 0.05) is 43.7 Å². The number of ether oxygens (including phenoxy) is 1. The SMILES string of the molecule is CCc1nc2n(c1C(=O)CCc1ccc(C3CC4(C3)CN(c3ccc(OC(F)(F)F)cc3)C4)cc1)CCN(C)C2. The van der Waals surface area contributed by atoms with Crippen LogP contribution >= 0.6 is 0 Å². The lowest BCUT2D eigenvalue weighted by atomic mass is 9.56. The molecule has 6 nitrogen and oxygen atoms in total. The third-order valence-corrected chi connectivity index (χ3v) is 8.77. The average molecular weight is 553 g/mol. The summed E-state index contributed by atoms with van der Waals surface area (Å²) >= 11 is 0. The number of halogens is 3. The van der Waals surface area contributed by atoms with Crippen LogP contribution in [0.5, 0.6) is 5.75 Å². The van der Waals surface area contributed by atoms with Crippen molar-refractivity contribution in [3.05, 3.63) is 76.9 Å². The highest BCUT2D eigenvalue weighted by molar-refractivity contribution is 5.96. The summed E-state index contributed by atoms with van der Waals surface area (Å²) in [4.78, 5) is 22.4. The Kier molecular flexibility index (Phi) is 6.89. The molecule has 0 radical (unpaired) electrons. The molecule has 2 aromatic carbocycles. The van der Waals surface area contributed by atoms with Crippen LogP contribution in [0.25, 0.3) is 0 Å². The van der Waals surface area contributed by atoms with Crippen molar-refractivity contribution in [3.8, 4) is 5.75 Å². The fraction of sp³-hybridized carbons (Fsp3) is 0.484. The third-order valence-electron chi connectivity index (χ3n) is 8.77. The van der Waals surface area contributed by atoms with E-state index in [9.17, 15) is 18.0 Å². The highest BCUT2D eigenvalue weighted by Crippen LogP contribution is 2.56. The molecule has 40 heavy (non-hydrogen) atoms. The van der Waals surface area contributed by atoms with Crippen LogP contribution in [0.3, 0.4) is 0 Å². The number of benzene rings is 2. The highest BCUT2D eigenvalue weighted by atomic mass is 19.4. The second-order valence-electron chi connectivity index (χ2n) is 11.7. The number of fused-ring (bicyclic) bond motifs is 1. The summed E-state index contributed by atoms with van der Waals surface area (Å²) in [5, 5.41) is 0. The van der Waals surface area contributed by atoms with E-state index in [0.29, 0.717) is 17.8 Å². The molecule has 9 heteroatoms. The van der Waals surface area contributed by atoms with Crippen LogP contribution in [0, 0.1) is 5.41 Å². The first-order valence-electron chi connectivity index (χ1n) is 14.1. The van der Waals surface area contributed by atoms with Crippen LogP contribution in [-0.2, 0) is 25.9 Å². The number of nitrogens with zero attached hydrogens (tertiary/aromatic N) is 4. The van der Waals surface area contributed by atoms with Gasteiger partial charge in [0.25, 0.3) is 0 Å². The summed E-state index contributed by atoms with van der Waals surface area (Å²) in [5.41, 5.74) is 5.48. The van der Waals surface area contributed by atoms with Crippen LogP contribution < -0.4 is 9.64 Å². The molecule has 0 unspecified atom stereocenters. The third kappa shape index (κ3) is 5.36. The van der Waals surface area contributed by atoms with Gasteiger partial charge in [0.1, 0.15) is 17.3 Å². The first-order chi connectivity index (χ1) is 19.1. The zero-order valence-electron chi connectivity index (χ0n) is 23.0. The van der Waals surface area contributed by atoms with E-state index in [-0.39, 0.29) is 11.5 Å². The number of Topliss-reactive ketones (excluding diaryl/α,β-unsaturated/α-hetero) is 1. The minimum absolute atomic E-state index is 0.183.